The van der Waals surface area contributed by atoms with Gasteiger partial charge in [0.15, 0.2) is 5.11 Å². The molecule has 0 amide bonds. The van der Waals surface area contributed by atoms with Crippen LogP contribution < -0.4 is 5.32 Å². The van der Waals surface area contributed by atoms with E-state index in [1.807, 2.05) is 41.1 Å². The number of aromatic carboxylic acids is 1. The molecule has 0 unspecified atom stereocenters. The lowest BCUT2D eigenvalue weighted by Crippen LogP contribution is -2.31. The third kappa shape index (κ3) is 4.73. The number of rotatable bonds is 8. The second kappa shape index (κ2) is 9.83. The molecular weight excluding hydrogens is 440 g/mol. The highest BCUT2D eigenvalue weighted by Gasteiger charge is 2.41. The van der Waals surface area contributed by atoms with E-state index >= 15 is 0 Å². The van der Waals surface area contributed by atoms with E-state index in [1.165, 1.54) is 7.11 Å². The summed E-state index contributed by atoms with van der Waals surface area (Å²) in [5, 5.41) is 13.2. The number of pyridine rings is 1. The number of nitrogens with zero attached hydrogens (tertiary/aromatic N) is 3. The Hall–Kier alpha value is -3.72. The summed E-state index contributed by atoms with van der Waals surface area (Å²) in [7, 11) is 1.38. The van der Waals surface area contributed by atoms with Crippen molar-refractivity contribution in [2.75, 3.05) is 13.7 Å². The van der Waals surface area contributed by atoms with Crippen molar-refractivity contribution in [2.45, 2.75) is 24.9 Å². The largest absolute Gasteiger partial charge is 0.478 e. The Morgan fingerprint density at radius 3 is 2.61 bits per heavy atom. The zero-order valence-electron chi connectivity index (χ0n) is 18.0. The lowest BCUT2D eigenvalue weighted by atomic mass is 10.0. The number of nitrogens with one attached hydrogen (secondary N) is 1. The van der Waals surface area contributed by atoms with E-state index < -0.39 is 5.97 Å². The second-order valence-corrected chi connectivity index (χ2v) is 8.04. The Bertz CT molecular complexity index is 1150. The van der Waals surface area contributed by atoms with Gasteiger partial charge in [0.05, 0.1) is 30.5 Å². The minimum absolute atomic E-state index is 0.181. The predicted molar refractivity (Wildman–Crippen MR) is 126 cm³/mol. The molecule has 1 fully saturated rings. The van der Waals surface area contributed by atoms with Crippen molar-refractivity contribution in [1.29, 1.82) is 0 Å². The number of benzene rings is 1. The molecule has 170 valence electrons. The van der Waals surface area contributed by atoms with Crippen LogP contribution in [0, 0.1) is 0 Å². The van der Waals surface area contributed by atoms with Crippen molar-refractivity contribution >= 4 is 29.3 Å². The number of carbonyl (C=O) groups excluding carboxylic acids is 1. The van der Waals surface area contributed by atoms with E-state index in [9.17, 15) is 14.7 Å². The molecule has 1 aliphatic rings. The van der Waals surface area contributed by atoms with Gasteiger partial charge in [0.2, 0.25) is 0 Å². The number of carboxylic acid groups (broad SMARTS) is 1. The average molecular weight is 465 g/mol. The minimum Gasteiger partial charge on any atom is -0.478 e. The van der Waals surface area contributed by atoms with Crippen molar-refractivity contribution < 1.29 is 19.4 Å². The first-order chi connectivity index (χ1) is 16.0. The summed E-state index contributed by atoms with van der Waals surface area (Å²) in [6.45, 7) is 0.568. The number of thiocarbonyl (C=S) groups is 1. The molecule has 0 radical (unpaired) electrons. The van der Waals surface area contributed by atoms with Crippen molar-refractivity contribution in [1.82, 2.24) is 19.8 Å². The van der Waals surface area contributed by atoms with E-state index in [4.69, 9.17) is 17.0 Å². The van der Waals surface area contributed by atoms with Crippen LogP contribution in [0.4, 0.5) is 0 Å². The highest BCUT2D eigenvalue weighted by atomic mass is 32.1. The fourth-order valence-electron chi connectivity index (χ4n) is 4.10. The van der Waals surface area contributed by atoms with Crippen LogP contribution in [0.5, 0.6) is 0 Å². The molecule has 4 rings (SSSR count). The third-order valence-corrected chi connectivity index (χ3v) is 6.03. The lowest BCUT2D eigenvalue weighted by Gasteiger charge is -2.29. The molecule has 3 aromatic rings. The van der Waals surface area contributed by atoms with Crippen LogP contribution in [0.25, 0.3) is 5.69 Å². The fraction of sp³-hybridized carbons (Fsp3) is 0.250. The molecule has 2 atom stereocenters. The fourth-order valence-corrected chi connectivity index (χ4v) is 4.43. The summed E-state index contributed by atoms with van der Waals surface area (Å²) < 4.78 is 6.80. The molecule has 8 nitrogen and oxygen atoms in total. The average Bonchev–Trinajstić information content (AvgIpc) is 3.44. The minimum atomic E-state index is -0.966. The Balaban J connectivity index is 1.70. The number of hydrogen-bond acceptors (Lipinski definition) is 5. The zero-order valence-corrected chi connectivity index (χ0v) is 18.9. The topological polar surface area (TPSA) is 96.7 Å². The first kappa shape index (κ1) is 22.5. The highest BCUT2D eigenvalue weighted by Crippen LogP contribution is 2.39. The first-order valence-corrected chi connectivity index (χ1v) is 11.0. The molecule has 1 aliphatic heterocycles. The van der Waals surface area contributed by atoms with E-state index in [2.05, 4.69) is 15.2 Å². The van der Waals surface area contributed by atoms with Gasteiger partial charge in [0, 0.05) is 36.7 Å². The zero-order chi connectivity index (χ0) is 23.4. The summed E-state index contributed by atoms with van der Waals surface area (Å²) in [6, 6.07) is 16.1. The Labute approximate surface area is 196 Å². The summed E-state index contributed by atoms with van der Waals surface area (Å²) in [6.07, 6.45) is 4.58. The molecule has 2 aromatic heterocycles. The van der Waals surface area contributed by atoms with Gasteiger partial charge in [0.1, 0.15) is 0 Å². The van der Waals surface area contributed by atoms with Gasteiger partial charge in [-0.3, -0.25) is 9.78 Å². The molecular formula is C24H24N4O4S. The van der Waals surface area contributed by atoms with Gasteiger partial charge >= 0.3 is 11.9 Å². The lowest BCUT2D eigenvalue weighted by molar-refractivity contribution is -0.140. The van der Waals surface area contributed by atoms with Crippen LogP contribution >= 0.6 is 12.2 Å². The monoisotopic (exact) mass is 464 g/mol. The van der Waals surface area contributed by atoms with Crippen LogP contribution in [0.2, 0.25) is 0 Å². The number of aromatic nitrogens is 2. The normalized spacial score (nSPS) is 17.6. The van der Waals surface area contributed by atoms with Crippen LogP contribution in [-0.2, 0) is 9.53 Å². The summed E-state index contributed by atoms with van der Waals surface area (Å²) >= 11 is 5.68. The summed E-state index contributed by atoms with van der Waals surface area (Å²) in [5.74, 6) is -1.22. The first-order valence-electron chi connectivity index (χ1n) is 10.6. The number of hydrogen-bond donors (Lipinski definition) is 2. The predicted octanol–water partition coefficient (Wildman–Crippen LogP) is 3.50. The van der Waals surface area contributed by atoms with Crippen molar-refractivity contribution in [3.05, 3.63) is 83.9 Å². The third-order valence-electron chi connectivity index (χ3n) is 5.68. The van der Waals surface area contributed by atoms with Crippen LogP contribution in [0.1, 0.15) is 46.7 Å². The Morgan fingerprint density at radius 2 is 1.94 bits per heavy atom. The highest BCUT2D eigenvalue weighted by molar-refractivity contribution is 7.80. The van der Waals surface area contributed by atoms with Gasteiger partial charge in [-0.25, -0.2) is 4.79 Å². The van der Waals surface area contributed by atoms with Crippen LogP contribution in [0.15, 0.2) is 67.0 Å². The van der Waals surface area contributed by atoms with E-state index in [1.54, 1.807) is 30.5 Å². The van der Waals surface area contributed by atoms with Gasteiger partial charge in [-0.2, -0.15) is 0 Å². The van der Waals surface area contributed by atoms with Crippen molar-refractivity contribution in [3.8, 4) is 5.69 Å². The maximum absolute atomic E-state index is 11.6. The van der Waals surface area contributed by atoms with E-state index in [-0.39, 0.29) is 23.6 Å². The molecule has 0 spiro atoms. The summed E-state index contributed by atoms with van der Waals surface area (Å²) in [4.78, 5) is 29.5. The van der Waals surface area contributed by atoms with Gasteiger partial charge in [-0.05, 0) is 67.2 Å². The van der Waals surface area contributed by atoms with Crippen molar-refractivity contribution in [2.24, 2.45) is 0 Å². The molecule has 9 heteroatoms. The number of esters is 1. The van der Waals surface area contributed by atoms with E-state index in [0.29, 0.717) is 24.5 Å². The maximum atomic E-state index is 11.6. The molecule has 0 aliphatic carbocycles. The van der Waals surface area contributed by atoms with Gasteiger partial charge in [-0.1, -0.05) is 6.07 Å². The maximum Gasteiger partial charge on any atom is 0.335 e. The molecule has 33 heavy (non-hydrogen) atoms. The molecule has 2 N–H and O–H groups in total. The molecule has 0 saturated carbocycles. The number of methoxy groups -OCH3 is 1. The van der Waals surface area contributed by atoms with E-state index in [0.717, 1.165) is 17.1 Å². The van der Waals surface area contributed by atoms with Gasteiger partial charge in [-0.15, -0.1) is 0 Å². The Morgan fingerprint density at radius 1 is 1.15 bits per heavy atom. The molecule has 1 saturated heterocycles. The van der Waals surface area contributed by atoms with Gasteiger partial charge < -0.3 is 24.6 Å². The molecule has 1 aromatic carbocycles. The number of ether oxygens (including phenoxy) is 1. The number of carbonyl (C=O) groups is 2. The van der Waals surface area contributed by atoms with Crippen LogP contribution in [-0.4, -0.2) is 50.3 Å². The molecule has 0 bridgehead atoms. The SMILES string of the molecule is COC(=O)CCCN1C(=S)N[C@H](c2ccccn2)[C@@H]1c1cccn1-c1ccc(C(=O)O)cc1. The quantitative estimate of drug-likeness (QED) is 0.386. The second-order valence-electron chi connectivity index (χ2n) is 7.65. The number of carboxylic acids is 1. The standard InChI is InChI=1S/C24H24N4O4S/c1-32-20(29)8-5-15-28-22(21(26-24(28)33)18-6-2-3-13-25-18)19-7-4-14-27(19)17-11-9-16(10-12-17)23(30)31/h2-4,6-7,9-14,21-22H,5,8,15H2,1H3,(H,26,33)(H,30,31)/t21-,22+/m1/s1. The Kier molecular flexibility index (Phi) is 6.69. The summed E-state index contributed by atoms with van der Waals surface area (Å²) in [5.41, 5.74) is 2.90. The van der Waals surface area contributed by atoms with Crippen molar-refractivity contribution in [3.63, 3.8) is 0 Å². The smallest absolute Gasteiger partial charge is 0.335 e. The van der Waals surface area contributed by atoms with Crippen LogP contribution in [0.3, 0.4) is 0 Å². The molecule has 3 heterocycles. The van der Waals surface area contributed by atoms with Gasteiger partial charge in [0.25, 0.3) is 0 Å².